The molecular weight excluding hydrogens is 290 g/mol. The molecule has 0 bridgehead atoms. The molecule has 1 aliphatic rings. The first-order chi connectivity index (χ1) is 11.1. The van der Waals surface area contributed by atoms with Crippen molar-refractivity contribution in [1.82, 2.24) is 4.90 Å². The van der Waals surface area contributed by atoms with Gasteiger partial charge in [0.15, 0.2) is 0 Å². The molecule has 0 spiro atoms. The Balaban J connectivity index is 1.81. The molecule has 5 nitrogen and oxygen atoms in total. The van der Waals surface area contributed by atoms with E-state index in [0.29, 0.717) is 12.1 Å². The van der Waals surface area contributed by atoms with Gasteiger partial charge in [-0.15, -0.1) is 0 Å². The highest BCUT2D eigenvalue weighted by Gasteiger charge is 2.25. The average Bonchev–Trinajstić information content (AvgIpc) is 2.98. The molecule has 0 aliphatic carbocycles. The van der Waals surface area contributed by atoms with Crippen LogP contribution in [0.15, 0.2) is 48.5 Å². The molecule has 118 valence electrons. The molecule has 3 rings (SSSR count). The zero-order valence-electron chi connectivity index (χ0n) is 13.2. The highest BCUT2D eigenvalue weighted by atomic mass is 16.2. The predicted molar refractivity (Wildman–Crippen MR) is 91.0 cm³/mol. The molecule has 0 unspecified atom stereocenters. The number of carbonyl (C=O) groups is 2. The van der Waals surface area contributed by atoms with Crippen molar-refractivity contribution in [1.29, 1.82) is 0 Å². The topological polar surface area (TPSA) is 52.7 Å². The van der Waals surface area contributed by atoms with Gasteiger partial charge in [0.25, 0.3) is 5.91 Å². The Morgan fingerprint density at radius 3 is 2.52 bits per heavy atom. The first-order valence-electron chi connectivity index (χ1n) is 7.54. The summed E-state index contributed by atoms with van der Waals surface area (Å²) < 4.78 is 0. The first-order valence-corrected chi connectivity index (χ1v) is 7.54. The normalized spacial score (nSPS) is 12.7. The van der Waals surface area contributed by atoms with Crippen molar-refractivity contribution in [3.63, 3.8) is 0 Å². The van der Waals surface area contributed by atoms with Crippen LogP contribution >= 0.6 is 0 Å². The van der Waals surface area contributed by atoms with Crippen molar-refractivity contribution in [3.8, 4) is 0 Å². The van der Waals surface area contributed by atoms with Crippen molar-refractivity contribution in [2.75, 3.05) is 30.9 Å². The quantitative estimate of drug-likeness (QED) is 0.927. The maximum Gasteiger partial charge on any atom is 0.321 e. The Bertz CT molecular complexity index is 741. The molecule has 5 heteroatoms. The van der Waals surface area contributed by atoms with Crippen LogP contribution in [-0.4, -0.2) is 37.5 Å². The molecule has 0 saturated carbocycles. The number of nitrogens with zero attached hydrogens (tertiary/aromatic N) is 2. The maximum atomic E-state index is 12.6. The van der Waals surface area contributed by atoms with Gasteiger partial charge in [0, 0.05) is 37.6 Å². The van der Waals surface area contributed by atoms with Crippen LogP contribution in [0.2, 0.25) is 0 Å². The van der Waals surface area contributed by atoms with Crippen LogP contribution in [0.1, 0.15) is 15.9 Å². The van der Waals surface area contributed by atoms with E-state index >= 15 is 0 Å². The van der Waals surface area contributed by atoms with E-state index in [4.69, 9.17) is 0 Å². The molecule has 0 atom stereocenters. The largest absolute Gasteiger partial charge is 0.331 e. The SMILES string of the molecule is CN(C)C(=O)Nc1ccc2c(c1)CCN2C(=O)c1ccccc1. The van der Waals surface area contributed by atoms with Crippen LogP contribution in [0, 0.1) is 0 Å². The lowest BCUT2D eigenvalue weighted by Gasteiger charge is -2.18. The summed E-state index contributed by atoms with van der Waals surface area (Å²) in [5, 5.41) is 2.83. The average molecular weight is 309 g/mol. The van der Waals surface area contributed by atoms with Gasteiger partial charge in [-0.25, -0.2) is 4.79 Å². The molecule has 1 aliphatic heterocycles. The number of fused-ring (bicyclic) bond motifs is 1. The van der Waals surface area contributed by atoms with Crippen molar-refractivity contribution in [3.05, 3.63) is 59.7 Å². The van der Waals surface area contributed by atoms with E-state index in [-0.39, 0.29) is 11.9 Å². The number of hydrogen-bond donors (Lipinski definition) is 1. The second-order valence-electron chi connectivity index (χ2n) is 5.74. The summed E-state index contributed by atoms with van der Waals surface area (Å²) in [6, 6.07) is 14.8. The van der Waals surface area contributed by atoms with Crippen molar-refractivity contribution < 1.29 is 9.59 Å². The van der Waals surface area contributed by atoms with E-state index in [1.165, 1.54) is 4.90 Å². The second kappa shape index (κ2) is 6.12. The molecule has 3 amide bonds. The van der Waals surface area contributed by atoms with Gasteiger partial charge in [-0.2, -0.15) is 0 Å². The maximum absolute atomic E-state index is 12.6. The van der Waals surface area contributed by atoms with E-state index < -0.39 is 0 Å². The molecule has 0 fully saturated rings. The summed E-state index contributed by atoms with van der Waals surface area (Å²) in [5.74, 6) is 0.00873. The number of benzene rings is 2. The van der Waals surface area contributed by atoms with E-state index in [1.54, 1.807) is 19.0 Å². The summed E-state index contributed by atoms with van der Waals surface area (Å²) in [5.41, 5.74) is 3.43. The fourth-order valence-corrected chi connectivity index (χ4v) is 2.66. The lowest BCUT2D eigenvalue weighted by molar-refractivity contribution is 0.0989. The number of hydrogen-bond acceptors (Lipinski definition) is 2. The highest BCUT2D eigenvalue weighted by molar-refractivity contribution is 6.07. The number of urea groups is 1. The molecule has 1 N–H and O–H groups in total. The van der Waals surface area contributed by atoms with E-state index in [0.717, 1.165) is 23.4 Å². The Hall–Kier alpha value is -2.82. The number of nitrogens with one attached hydrogen (secondary N) is 1. The molecule has 0 radical (unpaired) electrons. The van der Waals surface area contributed by atoms with E-state index in [1.807, 2.05) is 48.5 Å². The van der Waals surface area contributed by atoms with Crippen molar-refractivity contribution >= 4 is 23.3 Å². The van der Waals surface area contributed by atoms with Crippen molar-refractivity contribution in [2.45, 2.75) is 6.42 Å². The van der Waals surface area contributed by atoms with Crippen LogP contribution in [0.3, 0.4) is 0 Å². The molecule has 1 heterocycles. The van der Waals surface area contributed by atoms with Crippen LogP contribution in [0.5, 0.6) is 0 Å². The lowest BCUT2D eigenvalue weighted by atomic mass is 10.1. The monoisotopic (exact) mass is 309 g/mol. The number of anilines is 2. The standard InChI is InChI=1S/C18H19N3O2/c1-20(2)18(23)19-15-8-9-16-14(12-15)10-11-21(16)17(22)13-6-4-3-5-7-13/h3-9,12H,10-11H2,1-2H3,(H,19,23). The number of carbonyl (C=O) groups excluding carboxylic acids is 2. The highest BCUT2D eigenvalue weighted by Crippen LogP contribution is 2.31. The van der Waals surface area contributed by atoms with Crippen LogP contribution < -0.4 is 10.2 Å². The minimum atomic E-state index is -0.167. The van der Waals surface area contributed by atoms with Crippen molar-refractivity contribution in [2.24, 2.45) is 0 Å². The van der Waals surface area contributed by atoms with Gasteiger partial charge >= 0.3 is 6.03 Å². The van der Waals surface area contributed by atoms with Gasteiger partial charge in [-0.3, -0.25) is 4.79 Å². The summed E-state index contributed by atoms with van der Waals surface area (Å²) in [7, 11) is 3.39. The first kappa shape index (κ1) is 15.1. The van der Waals surface area contributed by atoms with Crippen LogP contribution in [0.25, 0.3) is 0 Å². The third-order valence-electron chi connectivity index (χ3n) is 3.90. The fraction of sp³-hybridized carbons (Fsp3) is 0.222. The third kappa shape index (κ3) is 3.04. The molecule has 2 aromatic rings. The zero-order valence-corrected chi connectivity index (χ0v) is 13.2. The minimum Gasteiger partial charge on any atom is -0.331 e. The second-order valence-corrected chi connectivity index (χ2v) is 5.74. The summed E-state index contributed by atoms with van der Waals surface area (Å²) >= 11 is 0. The van der Waals surface area contributed by atoms with Gasteiger partial charge in [0.05, 0.1) is 0 Å². The smallest absolute Gasteiger partial charge is 0.321 e. The van der Waals surface area contributed by atoms with Crippen LogP contribution in [0.4, 0.5) is 16.2 Å². The van der Waals surface area contributed by atoms with Crippen LogP contribution in [-0.2, 0) is 6.42 Å². The predicted octanol–water partition coefficient (Wildman–Crippen LogP) is 2.98. The zero-order chi connectivity index (χ0) is 16.4. The van der Waals surface area contributed by atoms with E-state index in [2.05, 4.69) is 5.32 Å². The molecule has 0 aromatic heterocycles. The van der Waals surface area contributed by atoms with Gasteiger partial charge in [0.1, 0.15) is 0 Å². The molecule has 23 heavy (non-hydrogen) atoms. The van der Waals surface area contributed by atoms with Gasteiger partial charge in [-0.05, 0) is 42.3 Å². The third-order valence-corrected chi connectivity index (χ3v) is 3.90. The summed E-state index contributed by atoms with van der Waals surface area (Å²) in [6.45, 7) is 0.661. The molecule has 0 saturated heterocycles. The van der Waals surface area contributed by atoms with Gasteiger partial charge in [0.2, 0.25) is 0 Å². The Morgan fingerprint density at radius 2 is 1.83 bits per heavy atom. The van der Waals surface area contributed by atoms with E-state index in [9.17, 15) is 9.59 Å². The van der Waals surface area contributed by atoms with Gasteiger partial charge < -0.3 is 15.1 Å². The summed E-state index contributed by atoms with van der Waals surface area (Å²) in [6.07, 6.45) is 0.791. The Kier molecular flexibility index (Phi) is 4.02. The van der Waals surface area contributed by atoms with Gasteiger partial charge in [-0.1, -0.05) is 18.2 Å². The Morgan fingerprint density at radius 1 is 1.09 bits per heavy atom. The molecule has 2 aromatic carbocycles. The summed E-state index contributed by atoms with van der Waals surface area (Å²) in [4.78, 5) is 27.6. The molecular formula is C18H19N3O2. The minimum absolute atomic E-state index is 0.00873. The lowest BCUT2D eigenvalue weighted by Crippen LogP contribution is -2.29. The number of rotatable bonds is 2. The number of amides is 3. The fourth-order valence-electron chi connectivity index (χ4n) is 2.66. The Labute approximate surface area is 135 Å².